The van der Waals surface area contributed by atoms with Gasteiger partial charge in [0.25, 0.3) is 0 Å². The second-order valence-electron chi connectivity index (χ2n) is 7.25. The molecule has 0 radical (unpaired) electrons. The van der Waals surface area contributed by atoms with Crippen LogP contribution in [0, 0.1) is 13.8 Å². The molecule has 0 saturated carbocycles. The Morgan fingerprint density at radius 3 is 2.65 bits per heavy atom. The number of aryl methyl sites for hydroxylation is 2. The van der Waals surface area contributed by atoms with E-state index < -0.39 is 0 Å². The van der Waals surface area contributed by atoms with Crippen LogP contribution in [0.5, 0.6) is 0 Å². The van der Waals surface area contributed by atoms with Crippen LogP contribution < -0.4 is 15.6 Å². The largest absolute Gasteiger partial charge is 0.378 e. The number of hydrogen-bond donors (Lipinski definition) is 2. The molecule has 3 aromatic rings. The molecule has 1 aliphatic heterocycles. The normalized spacial score (nSPS) is 14.1. The van der Waals surface area contributed by atoms with E-state index in [2.05, 4.69) is 76.7 Å². The second kappa shape index (κ2) is 9.84. The van der Waals surface area contributed by atoms with Crippen LogP contribution in [0.2, 0.25) is 0 Å². The number of aromatic nitrogens is 3. The molecule has 0 amide bonds. The second-order valence-corrected chi connectivity index (χ2v) is 8.17. The first-order chi connectivity index (χ1) is 15.1. The highest BCUT2D eigenvalue weighted by atomic mass is 79.9. The topological polar surface area (TPSA) is 87.6 Å². The minimum absolute atomic E-state index is 0.371. The molecule has 31 heavy (non-hydrogen) atoms. The van der Waals surface area contributed by atoms with Crippen LogP contribution in [0.4, 0.5) is 23.5 Å². The van der Waals surface area contributed by atoms with E-state index >= 15 is 0 Å². The van der Waals surface area contributed by atoms with E-state index in [9.17, 15) is 0 Å². The Kier molecular flexibility index (Phi) is 6.73. The van der Waals surface area contributed by atoms with Crippen molar-refractivity contribution in [2.24, 2.45) is 5.10 Å². The maximum atomic E-state index is 5.46. The number of hydrogen-bond acceptors (Lipinski definition) is 8. The van der Waals surface area contributed by atoms with Gasteiger partial charge in [-0.1, -0.05) is 40.2 Å². The third-order valence-electron chi connectivity index (χ3n) is 4.78. The molecule has 1 saturated heterocycles. The van der Waals surface area contributed by atoms with Crippen LogP contribution in [-0.2, 0) is 4.74 Å². The zero-order chi connectivity index (χ0) is 21.6. The Balaban J connectivity index is 1.60. The van der Waals surface area contributed by atoms with Crippen molar-refractivity contribution in [1.29, 1.82) is 0 Å². The van der Waals surface area contributed by atoms with Gasteiger partial charge in [-0.3, -0.25) is 0 Å². The summed E-state index contributed by atoms with van der Waals surface area (Å²) >= 11 is 3.47. The zero-order valence-corrected chi connectivity index (χ0v) is 19.1. The molecule has 1 fully saturated rings. The van der Waals surface area contributed by atoms with Gasteiger partial charge in [0.15, 0.2) is 0 Å². The molecular formula is C22H24BrN7O. The van der Waals surface area contributed by atoms with Crippen molar-refractivity contribution in [2.75, 3.05) is 41.9 Å². The summed E-state index contributed by atoms with van der Waals surface area (Å²) in [6, 6.07) is 14.1. The lowest BCUT2D eigenvalue weighted by Gasteiger charge is -2.27. The summed E-state index contributed by atoms with van der Waals surface area (Å²) in [4.78, 5) is 15.8. The smallest absolute Gasteiger partial charge is 0.250 e. The fourth-order valence-corrected chi connectivity index (χ4v) is 3.53. The van der Waals surface area contributed by atoms with E-state index in [1.54, 1.807) is 6.21 Å². The number of benzene rings is 2. The van der Waals surface area contributed by atoms with Crippen LogP contribution in [-0.4, -0.2) is 47.5 Å². The molecule has 2 heterocycles. The standard InChI is InChI=1S/C22H24BrN7O/c1-15-6-7-16(2)19(12-15)25-20-26-21(28-22(27-20)30-8-10-31-11-9-30)29-24-14-17-4-3-5-18(23)13-17/h3-7,12-14H,8-11H2,1-2H3,(H2,25,26,27,28,29)/b24-14-. The Bertz CT molecular complexity index is 1080. The molecule has 1 aliphatic rings. The van der Waals surface area contributed by atoms with Gasteiger partial charge >= 0.3 is 0 Å². The molecule has 160 valence electrons. The highest BCUT2D eigenvalue weighted by Gasteiger charge is 2.17. The Morgan fingerprint density at radius 2 is 1.84 bits per heavy atom. The summed E-state index contributed by atoms with van der Waals surface area (Å²) in [5.41, 5.74) is 7.13. The van der Waals surface area contributed by atoms with Gasteiger partial charge in [-0.25, -0.2) is 5.43 Å². The van der Waals surface area contributed by atoms with Crippen molar-refractivity contribution in [2.45, 2.75) is 13.8 Å². The molecule has 2 N–H and O–H groups in total. The number of nitrogens with zero attached hydrogens (tertiary/aromatic N) is 5. The Morgan fingerprint density at radius 1 is 1.03 bits per heavy atom. The van der Waals surface area contributed by atoms with Crippen LogP contribution >= 0.6 is 15.9 Å². The highest BCUT2D eigenvalue weighted by molar-refractivity contribution is 9.10. The lowest BCUT2D eigenvalue weighted by atomic mass is 10.1. The van der Waals surface area contributed by atoms with Gasteiger partial charge in [0.05, 0.1) is 19.4 Å². The van der Waals surface area contributed by atoms with E-state index in [0.29, 0.717) is 31.1 Å². The summed E-state index contributed by atoms with van der Waals surface area (Å²) in [6.45, 7) is 6.86. The zero-order valence-electron chi connectivity index (χ0n) is 17.5. The first-order valence-electron chi connectivity index (χ1n) is 10.0. The molecule has 1 aromatic heterocycles. The van der Waals surface area contributed by atoms with Crippen molar-refractivity contribution in [1.82, 2.24) is 15.0 Å². The summed E-state index contributed by atoms with van der Waals surface area (Å²) in [5.74, 6) is 1.42. The van der Waals surface area contributed by atoms with Gasteiger partial charge in [-0.15, -0.1) is 0 Å². The van der Waals surface area contributed by atoms with E-state index in [4.69, 9.17) is 4.74 Å². The van der Waals surface area contributed by atoms with Crippen LogP contribution in [0.25, 0.3) is 0 Å². The third kappa shape index (κ3) is 5.77. The molecule has 4 rings (SSSR count). The summed E-state index contributed by atoms with van der Waals surface area (Å²) in [5, 5.41) is 7.63. The number of ether oxygens (including phenoxy) is 1. The third-order valence-corrected chi connectivity index (χ3v) is 5.28. The van der Waals surface area contributed by atoms with Crippen LogP contribution in [0.3, 0.4) is 0 Å². The van der Waals surface area contributed by atoms with E-state index in [1.165, 1.54) is 0 Å². The van der Waals surface area contributed by atoms with Gasteiger partial charge in [-0.05, 0) is 48.7 Å². The number of morpholine rings is 1. The van der Waals surface area contributed by atoms with Crippen molar-refractivity contribution >= 4 is 45.7 Å². The van der Waals surface area contributed by atoms with Crippen molar-refractivity contribution < 1.29 is 4.74 Å². The molecule has 9 heteroatoms. The van der Waals surface area contributed by atoms with E-state index in [-0.39, 0.29) is 0 Å². The molecule has 0 spiro atoms. The van der Waals surface area contributed by atoms with Crippen LogP contribution in [0.1, 0.15) is 16.7 Å². The minimum Gasteiger partial charge on any atom is -0.378 e. The summed E-state index contributed by atoms with van der Waals surface area (Å²) in [7, 11) is 0. The maximum Gasteiger partial charge on any atom is 0.250 e. The van der Waals surface area contributed by atoms with Gasteiger partial charge in [0.2, 0.25) is 17.8 Å². The molecule has 0 atom stereocenters. The summed E-state index contributed by atoms with van der Waals surface area (Å²) in [6.07, 6.45) is 1.72. The number of anilines is 4. The van der Waals surface area contributed by atoms with Crippen LogP contribution in [0.15, 0.2) is 52.0 Å². The maximum absolute atomic E-state index is 5.46. The minimum atomic E-state index is 0.371. The van der Waals surface area contributed by atoms with Gasteiger partial charge in [0, 0.05) is 23.2 Å². The van der Waals surface area contributed by atoms with Crippen molar-refractivity contribution in [3.05, 3.63) is 63.6 Å². The molecule has 8 nitrogen and oxygen atoms in total. The van der Waals surface area contributed by atoms with Gasteiger partial charge < -0.3 is 15.0 Å². The first-order valence-corrected chi connectivity index (χ1v) is 10.8. The van der Waals surface area contributed by atoms with Crippen molar-refractivity contribution in [3.8, 4) is 0 Å². The van der Waals surface area contributed by atoms with Crippen molar-refractivity contribution in [3.63, 3.8) is 0 Å². The molecule has 0 aliphatic carbocycles. The number of halogens is 1. The highest BCUT2D eigenvalue weighted by Crippen LogP contribution is 2.22. The SMILES string of the molecule is Cc1ccc(C)c(Nc2nc(N/N=C\c3cccc(Br)c3)nc(N3CCOCC3)n2)c1. The van der Waals surface area contributed by atoms with Gasteiger partial charge in [-0.2, -0.15) is 20.1 Å². The average molecular weight is 482 g/mol. The predicted octanol–water partition coefficient (Wildman–Crippen LogP) is 4.28. The number of nitrogens with one attached hydrogen (secondary N) is 2. The molecular weight excluding hydrogens is 458 g/mol. The number of hydrazone groups is 1. The van der Waals surface area contributed by atoms with Gasteiger partial charge in [0.1, 0.15) is 0 Å². The monoisotopic (exact) mass is 481 g/mol. The predicted molar refractivity (Wildman–Crippen MR) is 127 cm³/mol. The fraction of sp³-hybridized carbons (Fsp3) is 0.273. The van der Waals surface area contributed by atoms with E-state index in [1.807, 2.05) is 31.2 Å². The fourth-order valence-electron chi connectivity index (χ4n) is 3.12. The molecule has 0 bridgehead atoms. The quantitative estimate of drug-likeness (QED) is 0.401. The average Bonchev–Trinajstić information content (AvgIpc) is 2.77. The van der Waals surface area contributed by atoms with E-state index in [0.717, 1.165) is 39.9 Å². The lowest BCUT2D eigenvalue weighted by molar-refractivity contribution is 0.122. The first kappa shape index (κ1) is 21.2. The molecule has 2 aromatic carbocycles. The molecule has 0 unspecified atom stereocenters. The summed E-state index contributed by atoms with van der Waals surface area (Å²) < 4.78 is 6.45. The lowest BCUT2D eigenvalue weighted by Crippen LogP contribution is -2.37. The Labute approximate surface area is 189 Å². The number of rotatable bonds is 6. The Hall–Kier alpha value is -3.04.